The van der Waals surface area contributed by atoms with Crippen molar-refractivity contribution in [1.29, 1.82) is 0 Å². The molecule has 0 amide bonds. The van der Waals surface area contributed by atoms with Crippen LogP contribution in [0.15, 0.2) is 29.2 Å². The number of benzene rings is 1. The van der Waals surface area contributed by atoms with Crippen molar-refractivity contribution in [2.45, 2.75) is 24.8 Å². The first-order valence-corrected chi connectivity index (χ1v) is 10.2. The second-order valence-corrected chi connectivity index (χ2v) is 7.11. The Labute approximate surface area is 177 Å². The maximum Gasteiger partial charge on any atom is 0.353 e. The number of rotatable bonds is 10. The zero-order valence-electron chi connectivity index (χ0n) is 17.0. The minimum atomic E-state index is -1.58. The number of carbonyl (C=O) groups is 3. The summed E-state index contributed by atoms with van der Waals surface area (Å²) < 4.78 is 35.0. The number of fused-ring (bicyclic) bond motifs is 1. The van der Waals surface area contributed by atoms with Gasteiger partial charge in [-0.25, -0.2) is 13.8 Å². The van der Waals surface area contributed by atoms with Gasteiger partial charge in [-0.05, 0) is 26.0 Å². The lowest BCUT2D eigenvalue weighted by Gasteiger charge is -2.14. The Kier molecular flexibility index (Phi) is 11.8. The Balaban J connectivity index is 0.000000340. The van der Waals surface area contributed by atoms with Crippen LogP contribution in [0, 0.1) is 5.92 Å². The van der Waals surface area contributed by atoms with E-state index in [0.29, 0.717) is 23.7 Å². The molecule has 3 unspecified atom stereocenters. The van der Waals surface area contributed by atoms with E-state index >= 15 is 0 Å². The van der Waals surface area contributed by atoms with E-state index < -0.39 is 41.0 Å². The van der Waals surface area contributed by atoms with Crippen LogP contribution in [0.2, 0.25) is 0 Å². The van der Waals surface area contributed by atoms with Gasteiger partial charge in [0.15, 0.2) is 6.10 Å². The number of hydrogen-bond donors (Lipinski definition) is 1. The summed E-state index contributed by atoms with van der Waals surface area (Å²) in [4.78, 5) is 34.1. The van der Waals surface area contributed by atoms with E-state index in [0.717, 1.165) is 0 Å². The second kappa shape index (κ2) is 13.8. The Morgan fingerprint density at radius 2 is 1.77 bits per heavy atom. The fraction of sp³-hybridized carbons (Fsp3) is 0.526. The molecule has 0 bridgehead atoms. The van der Waals surface area contributed by atoms with Crippen LogP contribution < -0.4 is 0 Å². The largest absolute Gasteiger partial charge is 0.461 e. The van der Waals surface area contributed by atoms with Gasteiger partial charge in [0.1, 0.15) is 6.61 Å². The quantitative estimate of drug-likeness (QED) is 0.403. The van der Waals surface area contributed by atoms with Gasteiger partial charge >= 0.3 is 17.9 Å². The molecule has 1 aliphatic rings. The highest BCUT2D eigenvalue weighted by atomic mass is 32.2. The third kappa shape index (κ3) is 8.57. The molecule has 10 nitrogen and oxygen atoms in total. The van der Waals surface area contributed by atoms with Crippen molar-refractivity contribution in [1.82, 2.24) is 0 Å². The zero-order valence-corrected chi connectivity index (χ0v) is 17.8. The van der Waals surface area contributed by atoms with E-state index in [1.165, 1.54) is 13.8 Å². The maximum absolute atomic E-state index is 11.4. The molecule has 1 heterocycles. The van der Waals surface area contributed by atoms with Crippen LogP contribution in [0.1, 0.15) is 24.2 Å². The summed E-state index contributed by atoms with van der Waals surface area (Å²) in [7, 11) is 1.56. The summed E-state index contributed by atoms with van der Waals surface area (Å²) in [5, 5.41) is 8.76. The van der Waals surface area contributed by atoms with Crippen molar-refractivity contribution in [3.63, 3.8) is 0 Å². The maximum atomic E-state index is 11.4. The predicted molar refractivity (Wildman–Crippen MR) is 104 cm³/mol. The normalized spacial score (nSPS) is 16.4. The Morgan fingerprint density at radius 1 is 1.10 bits per heavy atom. The predicted octanol–water partition coefficient (Wildman–Crippen LogP) is 0.632. The van der Waals surface area contributed by atoms with Gasteiger partial charge in [-0.1, -0.05) is 12.1 Å². The Hall–Kier alpha value is -2.34. The van der Waals surface area contributed by atoms with Gasteiger partial charge in [0.25, 0.3) is 0 Å². The lowest BCUT2D eigenvalue weighted by Crippen LogP contribution is -2.30. The van der Waals surface area contributed by atoms with Crippen molar-refractivity contribution in [3.05, 3.63) is 29.8 Å². The van der Waals surface area contributed by atoms with E-state index in [-0.39, 0.29) is 19.8 Å². The van der Waals surface area contributed by atoms with Crippen LogP contribution in [0.3, 0.4) is 0 Å². The number of esters is 2. The molecule has 0 aliphatic carbocycles. The lowest BCUT2D eigenvalue weighted by molar-refractivity contribution is -0.170. The van der Waals surface area contributed by atoms with Crippen molar-refractivity contribution in [2.24, 2.45) is 5.92 Å². The second-order valence-electron chi connectivity index (χ2n) is 6.04. The number of ether oxygens (including phenoxy) is 4. The molecule has 0 fully saturated rings. The lowest BCUT2D eigenvalue weighted by atomic mass is 10.2. The van der Waals surface area contributed by atoms with Gasteiger partial charge in [-0.15, -0.1) is 0 Å². The van der Waals surface area contributed by atoms with Gasteiger partial charge < -0.3 is 28.2 Å². The smallest absolute Gasteiger partial charge is 0.353 e. The summed E-state index contributed by atoms with van der Waals surface area (Å²) in [5.74, 6) is -2.44. The number of aliphatic hydroxyl groups is 1. The van der Waals surface area contributed by atoms with E-state index in [4.69, 9.17) is 24.1 Å². The van der Waals surface area contributed by atoms with E-state index in [1.54, 1.807) is 31.4 Å². The Morgan fingerprint density at radius 3 is 2.40 bits per heavy atom. The van der Waals surface area contributed by atoms with Gasteiger partial charge in [0, 0.05) is 7.11 Å². The number of carbonyl (C=O) groups excluding carboxylic acids is 3. The molecule has 3 atom stereocenters. The van der Waals surface area contributed by atoms with Crippen molar-refractivity contribution in [3.8, 4) is 0 Å². The molecule has 0 aromatic heterocycles. The third-order valence-corrected chi connectivity index (χ3v) is 4.66. The topological polar surface area (TPSA) is 135 Å². The summed E-state index contributed by atoms with van der Waals surface area (Å²) in [6.07, 6.45) is -1.000. The standard InChI is InChI=1S/C12H22O7.C7H4O3S/c1-9(8-13)11(14)19-10(2)12(15)18-7-6-17-5-4-16-3;8-7-5-3-1-2-4-6(5)11(9)10-7/h9-10,13H,4-8H2,1-3H3;1-4H. The minimum absolute atomic E-state index is 0.0833. The monoisotopic (exact) mass is 446 g/mol. The van der Waals surface area contributed by atoms with E-state index in [1.807, 2.05) is 0 Å². The summed E-state index contributed by atoms with van der Waals surface area (Å²) in [6, 6.07) is 6.65. The van der Waals surface area contributed by atoms with E-state index in [9.17, 15) is 18.6 Å². The molecule has 1 N–H and O–H groups in total. The highest BCUT2D eigenvalue weighted by Crippen LogP contribution is 2.22. The molecule has 1 aromatic rings. The zero-order chi connectivity index (χ0) is 22.5. The van der Waals surface area contributed by atoms with Crippen LogP contribution >= 0.6 is 0 Å². The highest BCUT2D eigenvalue weighted by Gasteiger charge is 2.27. The molecule has 11 heteroatoms. The van der Waals surface area contributed by atoms with Gasteiger partial charge in [0.2, 0.25) is 11.1 Å². The fourth-order valence-electron chi connectivity index (χ4n) is 1.92. The molecule has 0 saturated carbocycles. The molecule has 168 valence electrons. The summed E-state index contributed by atoms with van der Waals surface area (Å²) >= 11 is -1.58. The Bertz CT molecular complexity index is 703. The molecule has 30 heavy (non-hydrogen) atoms. The van der Waals surface area contributed by atoms with E-state index in [2.05, 4.69) is 4.18 Å². The number of hydrogen-bond acceptors (Lipinski definition) is 10. The first kappa shape index (κ1) is 25.7. The number of aliphatic hydroxyl groups excluding tert-OH is 1. The molecular formula is C19H26O10S. The average molecular weight is 446 g/mol. The molecule has 0 saturated heterocycles. The fourth-order valence-corrected chi connectivity index (χ4v) is 2.75. The van der Waals surface area contributed by atoms with Crippen LogP contribution in [-0.2, 0) is 43.8 Å². The van der Waals surface area contributed by atoms with Gasteiger partial charge in [-0.3, -0.25) is 4.79 Å². The third-order valence-electron chi connectivity index (χ3n) is 3.64. The molecular weight excluding hydrogens is 420 g/mol. The molecule has 0 radical (unpaired) electrons. The molecule has 0 spiro atoms. The SMILES string of the molecule is COCCOCCOC(=O)C(C)OC(=O)C(C)CO.O=C1OS(=O)c2ccccc21. The van der Waals surface area contributed by atoms with Gasteiger partial charge in [0.05, 0.1) is 42.8 Å². The van der Waals surface area contributed by atoms with Crippen LogP contribution in [0.25, 0.3) is 0 Å². The summed E-state index contributed by atoms with van der Waals surface area (Å²) in [5.41, 5.74) is 0.408. The van der Waals surface area contributed by atoms with Crippen molar-refractivity contribution >= 4 is 29.0 Å². The van der Waals surface area contributed by atoms with Crippen LogP contribution in [-0.4, -0.2) is 73.5 Å². The molecule has 1 aromatic carbocycles. The average Bonchev–Trinajstić information content (AvgIpc) is 3.04. The highest BCUT2D eigenvalue weighted by molar-refractivity contribution is 7.81. The number of methoxy groups -OCH3 is 1. The molecule has 1 aliphatic heterocycles. The minimum Gasteiger partial charge on any atom is -0.461 e. The van der Waals surface area contributed by atoms with Crippen molar-refractivity contribution < 1.29 is 46.8 Å². The summed E-state index contributed by atoms with van der Waals surface area (Å²) in [6.45, 7) is 3.82. The van der Waals surface area contributed by atoms with Crippen molar-refractivity contribution in [2.75, 3.05) is 40.1 Å². The van der Waals surface area contributed by atoms with Crippen LogP contribution in [0.4, 0.5) is 0 Å². The van der Waals surface area contributed by atoms with Gasteiger partial charge in [-0.2, -0.15) is 0 Å². The molecule has 2 rings (SSSR count). The van der Waals surface area contributed by atoms with Crippen LogP contribution in [0.5, 0.6) is 0 Å². The first-order valence-electron chi connectivity index (χ1n) is 9.09. The first-order chi connectivity index (χ1) is 14.3.